The van der Waals surface area contributed by atoms with Gasteiger partial charge in [0, 0.05) is 23.8 Å². The van der Waals surface area contributed by atoms with Gasteiger partial charge in [-0.2, -0.15) is 5.26 Å². The van der Waals surface area contributed by atoms with Gasteiger partial charge in [-0.25, -0.2) is 0 Å². The van der Waals surface area contributed by atoms with E-state index in [0.29, 0.717) is 17.2 Å². The van der Waals surface area contributed by atoms with Crippen LogP contribution in [0.2, 0.25) is 0 Å². The molecule has 0 amide bonds. The Morgan fingerprint density at radius 1 is 1.40 bits per heavy atom. The van der Waals surface area contributed by atoms with Gasteiger partial charge in [0.25, 0.3) is 0 Å². The lowest BCUT2D eigenvalue weighted by atomic mass is 10.0. The topological polar surface area (TPSA) is 44.1 Å². The zero-order valence-corrected chi connectivity index (χ0v) is 12.9. The Labute approximate surface area is 122 Å². The molecule has 108 valence electrons. The van der Waals surface area contributed by atoms with Gasteiger partial charge in [0.2, 0.25) is 0 Å². The molecule has 0 aliphatic rings. The number of carbonyl (C=O) groups is 1. The Kier molecular flexibility index (Phi) is 6.24. The molecular formula is C17H24N2O. The van der Waals surface area contributed by atoms with Crippen molar-refractivity contribution in [2.45, 2.75) is 53.0 Å². The zero-order chi connectivity index (χ0) is 15.1. The molecule has 20 heavy (non-hydrogen) atoms. The smallest absolute Gasteiger partial charge is 0.161 e. The molecule has 0 heterocycles. The van der Waals surface area contributed by atoms with Crippen LogP contribution in [0.4, 0.5) is 5.69 Å². The zero-order valence-electron chi connectivity index (χ0n) is 12.9. The number of anilines is 1. The monoisotopic (exact) mass is 272 g/mol. The minimum atomic E-state index is 0.0503. The molecule has 1 atom stereocenters. The number of nitrogens with zero attached hydrogens (tertiary/aromatic N) is 2. The first-order valence-corrected chi connectivity index (χ1v) is 7.36. The third-order valence-electron chi connectivity index (χ3n) is 3.69. The Hall–Kier alpha value is -1.82. The summed E-state index contributed by atoms with van der Waals surface area (Å²) in [6.07, 6.45) is 3.20. The van der Waals surface area contributed by atoms with E-state index in [9.17, 15) is 4.79 Å². The molecular weight excluding hydrogens is 248 g/mol. The highest BCUT2D eigenvalue weighted by molar-refractivity contribution is 6.00. The standard InChI is InChI=1S/C17H24N2O/c1-5-7-10-19(13(3)6-2)17-11-15(12-18)8-9-16(17)14(4)20/h8-9,11,13H,5-7,10H2,1-4H3. The fourth-order valence-electron chi connectivity index (χ4n) is 2.26. The maximum absolute atomic E-state index is 11.8. The van der Waals surface area contributed by atoms with Crippen LogP contribution in [0.1, 0.15) is 62.9 Å². The van der Waals surface area contributed by atoms with E-state index in [1.807, 2.05) is 6.07 Å². The van der Waals surface area contributed by atoms with E-state index in [1.165, 1.54) is 0 Å². The molecule has 0 aliphatic heterocycles. The van der Waals surface area contributed by atoms with Gasteiger partial charge in [-0.3, -0.25) is 4.79 Å². The fourth-order valence-corrected chi connectivity index (χ4v) is 2.26. The van der Waals surface area contributed by atoms with Crippen LogP contribution in [-0.2, 0) is 0 Å². The van der Waals surface area contributed by atoms with Crippen molar-refractivity contribution in [1.82, 2.24) is 0 Å². The highest BCUT2D eigenvalue weighted by Crippen LogP contribution is 2.26. The number of hydrogen-bond donors (Lipinski definition) is 0. The van der Waals surface area contributed by atoms with Crippen LogP contribution in [0.15, 0.2) is 18.2 Å². The molecule has 0 radical (unpaired) electrons. The Balaban J connectivity index is 3.28. The van der Waals surface area contributed by atoms with Crippen molar-refractivity contribution in [2.24, 2.45) is 0 Å². The lowest BCUT2D eigenvalue weighted by Crippen LogP contribution is -2.34. The van der Waals surface area contributed by atoms with Crippen LogP contribution >= 0.6 is 0 Å². The van der Waals surface area contributed by atoms with E-state index in [2.05, 4.69) is 31.7 Å². The summed E-state index contributed by atoms with van der Waals surface area (Å²) in [7, 11) is 0. The van der Waals surface area contributed by atoms with Crippen molar-refractivity contribution in [1.29, 1.82) is 5.26 Å². The van der Waals surface area contributed by atoms with Crippen LogP contribution in [0, 0.1) is 11.3 Å². The van der Waals surface area contributed by atoms with Gasteiger partial charge in [0.15, 0.2) is 5.78 Å². The summed E-state index contributed by atoms with van der Waals surface area (Å²) in [6.45, 7) is 8.97. The first-order chi connectivity index (χ1) is 9.54. The number of benzene rings is 1. The van der Waals surface area contributed by atoms with Crippen LogP contribution in [-0.4, -0.2) is 18.4 Å². The molecule has 3 heteroatoms. The highest BCUT2D eigenvalue weighted by atomic mass is 16.1. The number of rotatable bonds is 7. The van der Waals surface area contributed by atoms with Crippen LogP contribution < -0.4 is 4.90 Å². The van der Waals surface area contributed by atoms with E-state index in [4.69, 9.17) is 5.26 Å². The van der Waals surface area contributed by atoms with E-state index < -0.39 is 0 Å². The maximum atomic E-state index is 11.8. The molecule has 0 fully saturated rings. The van der Waals surface area contributed by atoms with Crippen molar-refractivity contribution in [3.63, 3.8) is 0 Å². The SMILES string of the molecule is CCCCN(c1cc(C#N)ccc1C(C)=O)C(C)CC. The summed E-state index contributed by atoms with van der Waals surface area (Å²) >= 11 is 0. The molecule has 1 aromatic rings. The molecule has 0 aromatic heterocycles. The van der Waals surface area contributed by atoms with E-state index in [-0.39, 0.29) is 5.78 Å². The van der Waals surface area contributed by atoms with Gasteiger partial charge in [0.05, 0.1) is 11.6 Å². The van der Waals surface area contributed by atoms with Crippen LogP contribution in [0.25, 0.3) is 0 Å². The predicted octanol–water partition coefficient (Wildman–Crippen LogP) is 4.17. The van der Waals surface area contributed by atoms with Gasteiger partial charge in [-0.05, 0) is 44.9 Å². The number of carbonyl (C=O) groups excluding carboxylic acids is 1. The minimum Gasteiger partial charge on any atom is -0.368 e. The number of hydrogen-bond acceptors (Lipinski definition) is 3. The number of Topliss-reactive ketones (excluding diaryl/α,β-unsaturated/α-hetero) is 1. The number of nitriles is 1. The number of unbranched alkanes of at least 4 members (excludes halogenated alkanes) is 1. The fraction of sp³-hybridized carbons (Fsp3) is 0.529. The van der Waals surface area contributed by atoms with Gasteiger partial charge in [-0.1, -0.05) is 20.3 Å². The van der Waals surface area contributed by atoms with Crippen LogP contribution in [0.5, 0.6) is 0 Å². The summed E-state index contributed by atoms with van der Waals surface area (Å²) < 4.78 is 0. The average molecular weight is 272 g/mol. The molecule has 0 saturated carbocycles. The summed E-state index contributed by atoms with van der Waals surface area (Å²) in [6, 6.07) is 7.86. The maximum Gasteiger partial charge on any atom is 0.161 e. The first kappa shape index (κ1) is 16.2. The molecule has 0 aliphatic carbocycles. The highest BCUT2D eigenvalue weighted by Gasteiger charge is 2.18. The second kappa shape index (κ2) is 7.69. The van der Waals surface area contributed by atoms with Crippen molar-refractivity contribution in [2.75, 3.05) is 11.4 Å². The first-order valence-electron chi connectivity index (χ1n) is 7.36. The third kappa shape index (κ3) is 3.84. The molecule has 1 aromatic carbocycles. The lowest BCUT2D eigenvalue weighted by molar-refractivity contribution is 0.101. The second-order valence-corrected chi connectivity index (χ2v) is 5.20. The predicted molar refractivity (Wildman–Crippen MR) is 83.2 cm³/mol. The Bertz CT molecular complexity index is 502. The summed E-state index contributed by atoms with van der Waals surface area (Å²) in [5.74, 6) is 0.0503. The normalized spacial score (nSPS) is 11.8. The summed E-state index contributed by atoms with van der Waals surface area (Å²) in [5, 5.41) is 9.09. The summed E-state index contributed by atoms with van der Waals surface area (Å²) in [5.41, 5.74) is 2.22. The van der Waals surface area contributed by atoms with Gasteiger partial charge in [-0.15, -0.1) is 0 Å². The van der Waals surface area contributed by atoms with Crippen molar-refractivity contribution < 1.29 is 4.79 Å². The Morgan fingerprint density at radius 2 is 2.10 bits per heavy atom. The second-order valence-electron chi connectivity index (χ2n) is 5.20. The quantitative estimate of drug-likeness (QED) is 0.700. The van der Waals surface area contributed by atoms with E-state index in [0.717, 1.165) is 31.5 Å². The summed E-state index contributed by atoms with van der Waals surface area (Å²) in [4.78, 5) is 14.1. The number of ketones is 1. The molecule has 0 bridgehead atoms. The van der Waals surface area contributed by atoms with Crippen molar-refractivity contribution in [3.05, 3.63) is 29.3 Å². The minimum absolute atomic E-state index is 0.0503. The van der Waals surface area contributed by atoms with Gasteiger partial charge < -0.3 is 4.90 Å². The van der Waals surface area contributed by atoms with Crippen molar-refractivity contribution in [3.8, 4) is 6.07 Å². The largest absolute Gasteiger partial charge is 0.368 e. The van der Waals surface area contributed by atoms with Crippen molar-refractivity contribution >= 4 is 11.5 Å². The molecule has 0 saturated heterocycles. The molecule has 0 spiro atoms. The van der Waals surface area contributed by atoms with E-state index in [1.54, 1.807) is 19.1 Å². The molecule has 0 N–H and O–H groups in total. The van der Waals surface area contributed by atoms with E-state index >= 15 is 0 Å². The molecule has 1 unspecified atom stereocenters. The lowest BCUT2D eigenvalue weighted by Gasteiger charge is -2.32. The van der Waals surface area contributed by atoms with Crippen LogP contribution in [0.3, 0.4) is 0 Å². The third-order valence-corrected chi connectivity index (χ3v) is 3.69. The van der Waals surface area contributed by atoms with Gasteiger partial charge >= 0.3 is 0 Å². The molecule has 3 nitrogen and oxygen atoms in total. The molecule has 1 rings (SSSR count). The Morgan fingerprint density at radius 3 is 2.60 bits per heavy atom. The van der Waals surface area contributed by atoms with Gasteiger partial charge in [0.1, 0.15) is 0 Å². The average Bonchev–Trinajstić information content (AvgIpc) is 2.46.